The monoisotopic (exact) mass is 389 g/mol. The minimum atomic E-state index is -4.64. The Morgan fingerprint density at radius 1 is 1.32 bits per heavy atom. The van der Waals surface area contributed by atoms with Gasteiger partial charge in [-0.15, -0.1) is 0 Å². The molecule has 1 heterocycles. The SMILES string of the molecule is CCN(Sc1cncc(C#N)c1)C(c1ccc(Cl)c(F)c1)C(F)(F)F. The molecule has 0 N–H and O–H groups in total. The largest absolute Gasteiger partial charge is 0.408 e. The third-order valence-electron chi connectivity index (χ3n) is 3.23. The summed E-state index contributed by atoms with van der Waals surface area (Å²) in [5.41, 5.74) is -0.0182. The van der Waals surface area contributed by atoms with Gasteiger partial charge in [-0.2, -0.15) is 18.4 Å². The van der Waals surface area contributed by atoms with E-state index in [2.05, 4.69) is 4.98 Å². The van der Waals surface area contributed by atoms with E-state index < -0.39 is 18.0 Å². The molecule has 0 saturated heterocycles. The fraction of sp³-hybridized carbons (Fsp3) is 0.250. The Hall–Kier alpha value is -1.82. The molecule has 132 valence electrons. The Labute approximate surface area is 151 Å². The van der Waals surface area contributed by atoms with Gasteiger partial charge in [-0.05, 0) is 35.7 Å². The lowest BCUT2D eigenvalue weighted by molar-refractivity contribution is -0.172. The van der Waals surface area contributed by atoms with E-state index in [0.717, 1.165) is 34.5 Å². The molecule has 0 bridgehead atoms. The van der Waals surface area contributed by atoms with Crippen molar-refractivity contribution in [1.82, 2.24) is 9.29 Å². The minimum absolute atomic E-state index is 0.0237. The molecule has 1 unspecified atom stereocenters. The van der Waals surface area contributed by atoms with Crippen molar-refractivity contribution in [3.05, 3.63) is 58.6 Å². The number of benzene rings is 1. The van der Waals surface area contributed by atoms with Gasteiger partial charge in [0.15, 0.2) is 0 Å². The van der Waals surface area contributed by atoms with E-state index >= 15 is 0 Å². The van der Waals surface area contributed by atoms with E-state index in [9.17, 15) is 17.6 Å². The van der Waals surface area contributed by atoms with Crippen molar-refractivity contribution in [2.75, 3.05) is 6.54 Å². The number of nitriles is 1. The van der Waals surface area contributed by atoms with Crippen molar-refractivity contribution in [2.45, 2.75) is 24.0 Å². The summed E-state index contributed by atoms with van der Waals surface area (Å²) in [5, 5.41) is 8.64. The van der Waals surface area contributed by atoms with Gasteiger partial charge in [-0.1, -0.05) is 24.6 Å². The molecule has 0 aliphatic heterocycles. The van der Waals surface area contributed by atoms with E-state index in [1.54, 1.807) is 6.92 Å². The Morgan fingerprint density at radius 3 is 2.60 bits per heavy atom. The highest BCUT2D eigenvalue weighted by atomic mass is 35.5. The van der Waals surface area contributed by atoms with Crippen molar-refractivity contribution in [1.29, 1.82) is 5.26 Å². The van der Waals surface area contributed by atoms with E-state index in [0.29, 0.717) is 4.90 Å². The minimum Gasteiger partial charge on any atom is -0.262 e. The van der Waals surface area contributed by atoms with Crippen molar-refractivity contribution in [3.8, 4) is 6.07 Å². The lowest BCUT2D eigenvalue weighted by Gasteiger charge is -2.31. The molecule has 0 radical (unpaired) electrons. The van der Waals surface area contributed by atoms with Crippen LogP contribution in [0.3, 0.4) is 0 Å². The van der Waals surface area contributed by atoms with Gasteiger partial charge in [-0.25, -0.2) is 8.70 Å². The van der Waals surface area contributed by atoms with Crippen LogP contribution in [0.1, 0.15) is 24.1 Å². The zero-order valence-electron chi connectivity index (χ0n) is 12.9. The molecule has 1 atom stereocenters. The lowest BCUT2D eigenvalue weighted by Crippen LogP contribution is -2.34. The maximum atomic E-state index is 13.7. The second-order valence-electron chi connectivity index (χ2n) is 4.96. The molecule has 0 aliphatic rings. The first kappa shape index (κ1) is 19.5. The average molecular weight is 390 g/mol. The Bertz CT molecular complexity index is 792. The van der Waals surface area contributed by atoms with Gasteiger partial charge in [-0.3, -0.25) is 4.98 Å². The highest BCUT2D eigenvalue weighted by molar-refractivity contribution is 7.97. The van der Waals surface area contributed by atoms with Crippen molar-refractivity contribution >= 4 is 23.5 Å². The highest BCUT2D eigenvalue weighted by Gasteiger charge is 2.45. The summed E-state index contributed by atoms with van der Waals surface area (Å²) >= 11 is 6.36. The molecule has 25 heavy (non-hydrogen) atoms. The first-order chi connectivity index (χ1) is 11.8. The first-order valence-electron chi connectivity index (χ1n) is 7.07. The van der Waals surface area contributed by atoms with E-state index in [-0.39, 0.29) is 22.7 Å². The Balaban J connectivity index is 2.40. The quantitative estimate of drug-likeness (QED) is 0.508. The molecule has 2 rings (SSSR count). The van der Waals surface area contributed by atoms with Crippen LogP contribution in [0.15, 0.2) is 41.6 Å². The Kier molecular flexibility index (Phi) is 6.27. The number of rotatable bonds is 5. The maximum absolute atomic E-state index is 13.7. The fourth-order valence-corrected chi connectivity index (χ4v) is 3.32. The number of aromatic nitrogens is 1. The van der Waals surface area contributed by atoms with Crippen molar-refractivity contribution < 1.29 is 17.6 Å². The number of halogens is 5. The van der Waals surface area contributed by atoms with Gasteiger partial charge in [0.05, 0.1) is 10.6 Å². The predicted octanol–water partition coefficient (Wildman–Crippen LogP) is 5.38. The summed E-state index contributed by atoms with van der Waals surface area (Å²) in [6, 6.07) is 4.32. The van der Waals surface area contributed by atoms with Crippen LogP contribution < -0.4 is 0 Å². The molecule has 9 heteroatoms. The van der Waals surface area contributed by atoms with Crippen LogP contribution in [0, 0.1) is 17.1 Å². The number of hydrogen-bond acceptors (Lipinski definition) is 4. The summed E-state index contributed by atoms with van der Waals surface area (Å²) in [6.45, 7) is 1.58. The number of hydrogen-bond donors (Lipinski definition) is 0. The lowest BCUT2D eigenvalue weighted by atomic mass is 10.1. The average Bonchev–Trinajstić information content (AvgIpc) is 2.56. The van der Waals surface area contributed by atoms with E-state index in [1.807, 2.05) is 6.07 Å². The summed E-state index contributed by atoms with van der Waals surface area (Å²) in [4.78, 5) is 4.21. The number of nitrogens with zero attached hydrogens (tertiary/aromatic N) is 3. The second-order valence-corrected chi connectivity index (χ2v) is 6.49. The molecular weight excluding hydrogens is 378 g/mol. The van der Waals surface area contributed by atoms with Gasteiger partial charge in [0.2, 0.25) is 0 Å². The zero-order chi connectivity index (χ0) is 18.6. The molecule has 0 saturated carbocycles. The molecular formula is C16H12ClF4N3S. The highest BCUT2D eigenvalue weighted by Crippen LogP contribution is 2.43. The van der Waals surface area contributed by atoms with Crippen LogP contribution >= 0.6 is 23.5 Å². The topological polar surface area (TPSA) is 39.9 Å². The molecule has 0 fully saturated rings. The third kappa shape index (κ3) is 4.84. The third-order valence-corrected chi connectivity index (χ3v) is 4.68. The van der Waals surface area contributed by atoms with Crippen LogP contribution in [0.4, 0.5) is 17.6 Å². The van der Waals surface area contributed by atoms with Crippen LogP contribution in [-0.2, 0) is 0 Å². The fourth-order valence-electron chi connectivity index (χ4n) is 2.17. The van der Waals surface area contributed by atoms with Gasteiger partial charge in [0, 0.05) is 23.8 Å². The molecule has 0 spiro atoms. The summed E-state index contributed by atoms with van der Waals surface area (Å²) in [5.74, 6) is -0.914. The molecule has 3 nitrogen and oxygen atoms in total. The maximum Gasteiger partial charge on any atom is 0.408 e. The summed E-state index contributed by atoms with van der Waals surface area (Å²) in [7, 11) is 0. The van der Waals surface area contributed by atoms with Crippen LogP contribution in [0.25, 0.3) is 0 Å². The van der Waals surface area contributed by atoms with Crippen LogP contribution in [0.2, 0.25) is 5.02 Å². The molecule has 2 aromatic rings. The van der Waals surface area contributed by atoms with Crippen molar-refractivity contribution in [3.63, 3.8) is 0 Å². The molecule has 1 aromatic heterocycles. The summed E-state index contributed by atoms with van der Waals surface area (Å²) < 4.78 is 55.6. The van der Waals surface area contributed by atoms with Crippen LogP contribution in [0.5, 0.6) is 0 Å². The van der Waals surface area contributed by atoms with Gasteiger partial charge < -0.3 is 0 Å². The van der Waals surface area contributed by atoms with E-state index in [1.165, 1.54) is 18.5 Å². The van der Waals surface area contributed by atoms with Gasteiger partial charge in [0.1, 0.15) is 17.9 Å². The molecule has 0 aliphatic carbocycles. The molecule has 0 amide bonds. The summed E-state index contributed by atoms with van der Waals surface area (Å²) in [6.07, 6.45) is -1.95. The normalized spacial score (nSPS) is 12.9. The Morgan fingerprint density at radius 2 is 2.04 bits per heavy atom. The standard InChI is InChI=1S/C16H12ClF4N3S/c1-2-24(25-12-5-10(7-22)8-23-9-12)15(16(19,20)21)11-3-4-13(17)14(18)6-11/h3-6,8-9,15H,2H2,1H3. The predicted molar refractivity (Wildman–Crippen MR) is 87.4 cm³/mol. The molecule has 1 aromatic carbocycles. The number of pyridine rings is 1. The zero-order valence-corrected chi connectivity index (χ0v) is 14.5. The second kappa shape index (κ2) is 8.04. The van der Waals surface area contributed by atoms with E-state index in [4.69, 9.17) is 16.9 Å². The van der Waals surface area contributed by atoms with Gasteiger partial charge in [0.25, 0.3) is 0 Å². The van der Waals surface area contributed by atoms with Crippen molar-refractivity contribution in [2.24, 2.45) is 0 Å². The number of alkyl halides is 3. The van der Waals surface area contributed by atoms with Crippen LogP contribution in [-0.4, -0.2) is 22.0 Å². The van der Waals surface area contributed by atoms with Gasteiger partial charge >= 0.3 is 6.18 Å². The first-order valence-corrected chi connectivity index (χ1v) is 8.22. The smallest absolute Gasteiger partial charge is 0.262 e.